The molecule has 1 aromatic carbocycles. The summed E-state index contributed by atoms with van der Waals surface area (Å²) in [5.41, 5.74) is 2.58. The molecule has 3 aromatic rings. The van der Waals surface area contributed by atoms with Crippen molar-refractivity contribution in [2.45, 2.75) is 18.1 Å². The second-order valence-electron chi connectivity index (χ2n) is 4.72. The van der Waals surface area contributed by atoms with Gasteiger partial charge in [-0.2, -0.15) is 0 Å². The lowest BCUT2D eigenvalue weighted by molar-refractivity contribution is -0.118. The standard InChI is InChI=1S/C15H15N3O3S/c19-14(16-7-3-4-11-8-17-20-9-11)10-22-15-18-12-5-1-2-6-13(12)21-15/h1-2,5-6,8-9H,3-4,7,10H2,(H,16,19). The summed E-state index contributed by atoms with van der Waals surface area (Å²) in [6, 6.07) is 7.54. The van der Waals surface area contributed by atoms with E-state index in [-0.39, 0.29) is 5.91 Å². The summed E-state index contributed by atoms with van der Waals surface area (Å²) in [6.07, 6.45) is 4.98. The number of aryl methyl sites for hydroxylation is 1. The molecule has 0 saturated heterocycles. The molecule has 114 valence electrons. The smallest absolute Gasteiger partial charge is 0.257 e. The second-order valence-corrected chi connectivity index (χ2v) is 5.65. The average Bonchev–Trinajstić information content (AvgIpc) is 3.18. The first-order valence-corrected chi connectivity index (χ1v) is 7.93. The molecule has 0 spiro atoms. The van der Waals surface area contributed by atoms with Gasteiger partial charge >= 0.3 is 0 Å². The van der Waals surface area contributed by atoms with Crippen molar-refractivity contribution in [1.82, 2.24) is 15.5 Å². The maximum absolute atomic E-state index is 11.8. The van der Waals surface area contributed by atoms with Gasteiger partial charge in [-0.15, -0.1) is 0 Å². The Hall–Kier alpha value is -2.28. The van der Waals surface area contributed by atoms with Crippen LogP contribution in [0.25, 0.3) is 11.1 Å². The number of thioether (sulfide) groups is 1. The number of para-hydroxylation sites is 2. The third-order valence-corrected chi connectivity index (χ3v) is 3.88. The van der Waals surface area contributed by atoms with Crippen molar-refractivity contribution in [3.63, 3.8) is 0 Å². The van der Waals surface area contributed by atoms with Crippen LogP contribution in [0.2, 0.25) is 0 Å². The van der Waals surface area contributed by atoms with Crippen LogP contribution in [0, 0.1) is 0 Å². The highest BCUT2D eigenvalue weighted by atomic mass is 32.2. The quantitative estimate of drug-likeness (QED) is 0.533. The van der Waals surface area contributed by atoms with Gasteiger partial charge in [-0.05, 0) is 25.0 Å². The highest BCUT2D eigenvalue weighted by molar-refractivity contribution is 7.99. The fourth-order valence-corrected chi connectivity index (χ4v) is 2.63. The Morgan fingerprint density at radius 1 is 1.32 bits per heavy atom. The lowest BCUT2D eigenvalue weighted by atomic mass is 10.2. The van der Waals surface area contributed by atoms with E-state index in [0.717, 1.165) is 29.5 Å². The molecule has 22 heavy (non-hydrogen) atoms. The minimum absolute atomic E-state index is 0.0300. The van der Waals surface area contributed by atoms with E-state index in [0.29, 0.717) is 17.5 Å². The number of nitrogens with zero attached hydrogens (tertiary/aromatic N) is 2. The number of hydrogen-bond acceptors (Lipinski definition) is 6. The Labute approximate surface area is 131 Å². The van der Waals surface area contributed by atoms with Crippen molar-refractivity contribution in [3.8, 4) is 0 Å². The number of carbonyl (C=O) groups is 1. The first-order chi connectivity index (χ1) is 10.8. The van der Waals surface area contributed by atoms with E-state index in [1.807, 2.05) is 24.3 Å². The number of hydrogen-bond donors (Lipinski definition) is 1. The van der Waals surface area contributed by atoms with Gasteiger partial charge in [-0.25, -0.2) is 4.98 Å². The number of benzene rings is 1. The van der Waals surface area contributed by atoms with E-state index in [2.05, 4.69) is 15.5 Å². The van der Waals surface area contributed by atoms with E-state index in [1.165, 1.54) is 11.8 Å². The summed E-state index contributed by atoms with van der Waals surface area (Å²) >= 11 is 1.30. The van der Waals surface area contributed by atoms with Gasteiger partial charge in [0.1, 0.15) is 11.8 Å². The fraction of sp³-hybridized carbons (Fsp3) is 0.267. The van der Waals surface area contributed by atoms with Crippen LogP contribution >= 0.6 is 11.8 Å². The Balaban J connectivity index is 1.38. The fourth-order valence-electron chi connectivity index (χ4n) is 1.96. The Bertz CT molecular complexity index is 706. The normalized spacial score (nSPS) is 10.9. The van der Waals surface area contributed by atoms with Crippen molar-refractivity contribution in [1.29, 1.82) is 0 Å². The maximum atomic E-state index is 11.8. The summed E-state index contributed by atoms with van der Waals surface area (Å²) < 4.78 is 10.3. The van der Waals surface area contributed by atoms with Crippen LogP contribution in [0.1, 0.15) is 12.0 Å². The van der Waals surface area contributed by atoms with Crippen LogP contribution < -0.4 is 5.32 Å². The van der Waals surface area contributed by atoms with Crippen LogP contribution in [0.4, 0.5) is 0 Å². The number of carbonyl (C=O) groups excluding carboxylic acids is 1. The topological polar surface area (TPSA) is 81.2 Å². The second kappa shape index (κ2) is 7.13. The van der Waals surface area contributed by atoms with Crippen molar-refractivity contribution < 1.29 is 13.7 Å². The van der Waals surface area contributed by atoms with Gasteiger partial charge < -0.3 is 14.3 Å². The van der Waals surface area contributed by atoms with E-state index in [9.17, 15) is 4.79 Å². The Kier molecular flexibility index (Phi) is 4.75. The number of amides is 1. The molecule has 1 amide bonds. The lowest BCUT2D eigenvalue weighted by Crippen LogP contribution is -2.26. The minimum atomic E-state index is -0.0300. The van der Waals surface area contributed by atoms with Gasteiger partial charge in [-0.3, -0.25) is 4.79 Å². The highest BCUT2D eigenvalue weighted by Crippen LogP contribution is 2.22. The Morgan fingerprint density at radius 3 is 3.05 bits per heavy atom. The molecule has 0 aliphatic heterocycles. The maximum Gasteiger partial charge on any atom is 0.257 e. The van der Waals surface area contributed by atoms with Crippen LogP contribution in [0.15, 0.2) is 50.9 Å². The molecule has 2 heterocycles. The molecule has 0 radical (unpaired) electrons. The van der Waals surface area contributed by atoms with Crippen LogP contribution in [-0.4, -0.2) is 28.3 Å². The first kappa shape index (κ1) is 14.6. The Morgan fingerprint density at radius 2 is 2.23 bits per heavy atom. The van der Waals surface area contributed by atoms with E-state index in [4.69, 9.17) is 8.94 Å². The predicted molar refractivity (Wildman–Crippen MR) is 82.6 cm³/mol. The lowest BCUT2D eigenvalue weighted by Gasteiger charge is -2.02. The molecule has 2 aromatic heterocycles. The zero-order valence-corrected chi connectivity index (χ0v) is 12.6. The molecule has 0 aliphatic rings. The van der Waals surface area contributed by atoms with Gasteiger partial charge in [0.05, 0.1) is 11.9 Å². The summed E-state index contributed by atoms with van der Waals surface area (Å²) in [5.74, 6) is 0.262. The summed E-state index contributed by atoms with van der Waals surface area (Å²) in [5, 5.41) is 7.02. The van der Waals surface area contributed by atoms with E-state index >= 15 is 0 Å². The third-order valence-electron chi connectivity index (χ3n) is 3.05. The molecule has 1 N–H and O–H groups in total. The SMILES string of the molecule is O=C(CSc1nc2ccccc2o1)NCCCc1cnoc1. The van der Waals surface area contributed by atoms with Gasteiger partial charge in [0.25, 0.3) is 5.22 Å². The molecule has 6 nitrogen and oxygen atoms in total. The van der Waals surface area contributed by atoms with Crippen molar-refractivity contribution in [3.05, 3.63) is 42.3 Å². The molecule has 0 aliphatic carbocycles. The number of aromatic nitrogens is 2. The van der Waals surface area contributed by atoms with Crippen molar-refractivity contribution in [2.24, 2.45) is 0 Å². The van der Waals surface area contributed by atoms with Gasteiger partial charge in [0.2, 0.25) is 5.91 Å². The first-order valence-electron chi connectivity index (χ1n) is 6.94. The van der Waals surface area contributed by atoms with Gasteiger partial charge in [0.15, 0.2) is 5.58 Å². The summed E-state index contributed by atoms with van der Waals surface area (Å²) in [4.78, 5) is 16.1. The van der Waals surface area contributed by atoms with Gasteiger partial charge in [0, 0.05) is 12.1 Å². The number of rotatable bonds is 7. The number of fused-ring (bicyclic) bond motifs is 1. The zero-order chi connectivity index (χ0) is 15.2. The zero-order valence-electron chi connectivity index (χ0n) is 11.8. The van der Waals surface area contributed by atoms with E-state index < -0.39 is 0 Å². The van der Waals surface area contributed by atoms with Gasteiger partial charge in [-0.1, -0.05) is 29.1 Å². The summed E-state index contributed by atoms with van der Waals surface area (Å²) in [6.45, 7) is 0.623. The molecule has 0 unspecified atom stereocenters. The van der Waals surface area contributed by atoms with Crippen molar-refractivity contribution in [2.75, 3.05) is 12.3 Å². The predicted octanol–water partition coefficient (Wildman–Crippen LogP) is 2.66. The van der Waals surface area contributed by atoms with Crippen LogP contribution in [0.3, 0.4) is 0 Å². The highest BCUT2D eigenvalue weighted by Gasteiger charge is 2.08. The third kappa shape index (κ3) is 3.88. The molecule has 0 atom stereocenters. The summed E-state index contributed by atoms with van der Waals surface area (Å²) in [7, 11) is 0. The monoisotopic (exact) mass is 317 g/mol. The van der Waals surface area contributed by atoms with Crippen molar-refractivity contribution >= 4 is 28.8 Å². The van der Waals surface area contributed by atoms with E-state index in [1.54, 1.807) is 12.5 Å². The molecule has 7 heteroatoms. The number of nitrogens with one attached hydrogen (secondary N) is 1. The average molecular weight is 317 g/mol. The largest absolute Gasteiger partial charge is 0.431 e. The number of oxazole rings is 1. The van der Waals surface area contributed by atoms with Crippen LogP contribution in [0.5, 0.6) is 0 Å². The molecular weight excluding hydrogens is 302 g/mol. The van der Waals surface area contributed by atoms with Crippen LogP contribution in [-0.2, 0) is 11.2 Å². The molecule has 0 fully saturated rings. The minimum Gasteiger partial charge on any atom is -0.431 e. The molecule has 0 bridgehead atoms. The molecular formula is C15H15N3O3S. The molecule has 0 saturated carbocycles. The molecule has 3 rings (SSSR count).